The Morgan fingerprint density at radius 1 is 0.821 bits per heavy atom. The Labute approximate surface area is 217 Å². The largest absolute Gasteiger partial charge is 1.00 e. The van der Waals surface area contributed by atoms with E-state index in [0.29, 0.717) is 11.8 Å². The van der Waals surface area contributed by atoms with Gasteiger partial charge in [0.05, 0.1) is 5.97 Å². The molecule has 0 amide bonds. The maximum atomic E-state index is 11.1. The minimum Gasteiger partial charge on any atom is -0.549 e. The van der Waals surface area contributed by atoms with Crippen LogP contribution >= 0.6 is 0 Å². The van der Waals surface area contributed by atoms with E-state index in [0.717, 1.165) is 25.9 Å². The van der Waals surface area contributed by atoms with Gasteiger partial charge >= 0.3 is 51.4 Å². The first-order valence-corrected chi connectivity index (χ1v) is 11.1. The van der Waals surface area contributed by atoms with Crippen LogP contribution < -0.4 is 56.5 Å². The van der Waals surface area contributed by atoms with Crippen molar-refractivity contribution in [1.82, 2.24) is 4.90 Å². The van der Waals surface area contributed by atoms with Gasteiger partial charge in [-0.2, -0.15) is 0 Å². The summed E-state index contributed by atoms with van der Waals surface area (Å²) >= 11 is 0. The van der Waals surface area contributed by atoms with Crippen molar-refractivity contribution in [2.45, 2.75) is 90.9 Å². The van der Waals surface area contributed by atoms with Crippen LogP contribution in [-0.2, 0) is 4.79 Å². The molecule has 0 aliphatic rings. The first-order valence-electron chi connectivity index (χ1n) is 11.1. The van der Waals surface area contributed by atoms with Gasteiger partial charge in [-0.05, 0) is 50.4 Å². The summed E-state index contributed by atoms with van der Waals surface area (Å²) in [6.07, 6.45) is 18.6. The number of aliphatic carboxylic acids is 1. The van der Waals surface area contributed by atoms with Crippen molar-refractivity contribution < 1.29 is 61.3 Å². The molecule has 0 saturated heterocycles. The number of carboxylic acids is 1. The maximum absolute atomic E-state index is 11.1. The van der Waals surface area contributed by atoms with Gasteiger partial charge in [-0.15, -0.1) is 13.2 Å². The van der Waals surface area contributed by atoms with Gasteiger partial charge in [0.15, 0.2) is 0 Å². The van der Waals surface area contributed by atoms with Crippen LogP contribution in [0.3, 0.4) is 0 Å². The number of allylic oxidation sites excluding steroid dienone is 2. The van der Waals surface area contributed by atoms with Gasteiger partial charge in [0.2, 0.25) is 0 Å². The summed E-state index contributed by atoms with van der Waals surface area (Å²) in [4.78, 5) is 13.2. The first kappa shape index (κ1) is 30.7. The third kappa shape index (κ3) is 21.3. The molecule has 0 aromatic carbocycles. The van der Waals surface area contributed by atoms with Gasteiger partial charge in [-0.3, -0.25) is 4.90 Å². The molecule has 0 aliphatic carbocycles. The zero-order chi connectivity index (χ0) is 20.3. The van der Waals surface area contributed by atoms with Crippen LogP contribution in [0.15, 0.2) is 25.3 Å². The Balaban J connectivity index is 0. The van der Waals surface area contributed by atoms with E-state index in [-0.39, 0.29) is 57.9 Å². The quantitative estimate of drug-likeness (QED) is 0.173. The van der Waals surface area contributed by atoms with Gasteiger partial charge in [-0.25, -0.2) is 0 Å². The summed E-state index contributed by atoms with van der Waals surface area (Å²) in [6.45, 7) is 13.8. The molecule has 0 heterocycles. The number of carboxylic acid groups (broad SMARTS) is 1. The summed E-state index contributed by atoms with van der Waals surface area (Å²) in [6, 6.07) is 0. The van der Waals surface area contributed by atoms with E-state index < -0.39 is 5.97 Å². The monoisotopic (exact) mass is 417 g/mol. The molecule has 0 rings (SSSR count). The predicted octanol–water partition coefficient (Wildman–Crippen LogP) is 2.37. The molecule has 0 bridgehead atoms. The normalized spacial score (nSPS) is 13.0. The molecule has 4 heteroatoms. The standard InChI is InChI=1S/C24H45NO2.K/c1-5-7-9-11-13-15-17-22(3)19-25(21-24(26)27)20-23(4)18-16-14-12-10-8-6-2;/h5-6,22-23H,1-2,7-21H2,3-4H3,(H,26,27);/q;+1/p-1. The maximum Gasteiger partial charge on any atom is 1.00 e. The van der Waals surface area contributed by atoms with E-state index in [4.69, 9.17) is 0 Å². The van der Waals surface area contributed by atoms with Crippen LogP contribution in [0.5, 0.6) is 0 Å². The van der Waals surface area contributed by atoms with Crippen molar-refractivity contribution >= 4 is 5.97 Å². The van der Waals surface area contributed by atoms with Crippen molar-refractivity contribution in [1.29, 1.82) is 0 Å². The summed E-state index contributed by atoms with van der Waals surface area (Å²) in [5.74, 6) is 0.118. The van der Waals surface area contributed by atoms with E-state index in [9.17, 15) is 9.90 Å². The van der Waals surface area contributed by atoms with Crippen molar-refractivity contribution in [3.63, 3.8) is 0 Å². The first-order chi connectivity index (χ1) is 13.0. The molecule has 0 N–H and O–H groups in total. The summed E-state index contributed by atoms with van der Waals surface area (Å²) < 4.78 is 0. The Kier molecular flexibility index (Phi) is 24.4. The number of nitrogens with zero attached hydrogens (tertiary/aromatic N) is 1. The van der Waals surface area contributed by atoms with Gasteiger partial charge in [0, 0.05) is 19.6 Å². The van der Waals surface area contributed by atoms with Crippen LogP contribution in [0.2, 0.25) is 0 Å². The second-order valence-electron chi connectivity index (χ2n) is 8.34. The number of carbonyl (C=O) groups excluding carboxylic acids is 1. The topological polar surface area (TPSA) is 43.4 Å². The second kappa shape index (κ2) is 22.2. The average Bonchev–Trinajstić information content (AvgIpc) is 2.60. The molecular formula is C24H44KNO2. The van der Waals surface area contributed by atoms with E-state index in [1.807, 2.05) is 12.2 Å². The molecule has 0 aromatic rings. The summed E-state index contributed by atoms with van der Waals surface area (Å²) in [5, 5.41) is 11.1. The third-order valence-electron chi connectivity index (χ3n) is 5.20. The van der Waals surface area contributed by atoms with Crippen LogP contribution in [0.25, 0.3) is 0 Å². The second-order valence-corrected chi connectivity index (χ2v) is 8.34. The Morgan fingerprint density at radius 3 is 1.57 bits per heavy atom. The zero-order valence-corrected chi connectivity index (χ0v) is 22.2. The molecule has 0 fully saturated rings. The predicted molar refractivity (Wildman–Crippen MR) is 116 cm³/mol. The van der Waals surface area contributed by atoms with Crippen LogP contribution in [0.4, 0.5) is 0 Å². The van der Waals surface area contributed by atoms with Crippen molar-refractivity contribution in [3.05, 3.63) is 25.3 Å². The van der Waals surface area contributed by atoms with Gasteiger partial charge in [-0.1, -0.05) is 64.5 Å². The molecule has 3 nitrogen and oxygen atoms in total. The summed E-state index contributed by atoms with van der Waals surface area (Å²) in [7, 11) is 0. The van der Waals surface area contributed by atoms with E-state index in [1.165, 1.54) is 64.2 Å². The van der Waals surface area contributed by atoms with E-state index in [2.05, 4.69) is 31.9 Å². The fraction of sp³-hybridized carbons (Fsp3) is 0.792. The van der Waals surface area contributed by atoms with Gasteiger partial charge in [0.1, 0.15) is 0 Å². The summed E-state index contributed by atoms with van der Waals surface area (Å²) in [5.41, 5.74) is 0. The molecule has 158 valence electrons. The number of rotatable bonds is 20. The Morgan fingerprint density at radius 2 is 1.21 bits per heavy atom. The minimum atomic E-state index is -0.955. The average molecular weight is 418 g/mol. The number of unbranched alkanes of at least 4 members (excludes halogenated alkanes) is 8. The fourth-order valence-corrected chi connectivity index (χ4v) is 3.72. The molecule has 2 atom stereocenters. The fourth-order valence-electron chi connectivity index (χ4n) is 3.72. The van der Waals surface area contributed by atoms with Crippen LogP contribution in [0, 0.1) is 11.8 Å². The van der Waals surface area contributed by atoms with Crippen LogP contribution in [-0.4, -0.2) is 30.5 Å². The zero-order valence-electron chi connectivity index (χ0n) is 19.1. The number of carbonyl (C=O) groups is 1. The van der Waals surface area contributed by atoms with E-state index in [1.54, 1.807) is 0 Å². The number of hydrogen-bond donors (Lipinski definition) is 0. The van der Waals surface area contributed by atoms with Crippen LogP contribution in [0.1, 0.15) is 90.9 Å². The molecule has 0 radical (unpaired) electrons. The number of hydrogen-bond acceptors (Lipinski definition) is 3. The molecule has 0 aliphatic heterocycles. The van der Waals surface area contributed by atoms with Crippen molar-refractivity contribution in [3.8, 4) is 0 Å². The van der Waals surface area contributed by atoms with Gasteiger partial charge < -0.3 is 9.90 Å². The minimum absolute atomic E-state index is 0. The molecular weight excluding hydrogens is 373 g/mol. The molecule has 2 unspecified atom stereocenters. The van der Waals surface area contributed by atoms with Gasteiger partial charge in [0.25, 0.3) is 0 Å². The third-order valence-corrected chi connectivity index (χ3v) is 5.20. The Hall–Kier alpha value is 0.546. The molecule has 28 heavy (non-hydrogen) atoms. The van der Waals surface area contributed by atoms with E-state index >= 15 is 0 Å². The smallest absolute Gasteiger partial charge is 0.549 e. The van der Waals surface area contributed by atoms with Crippen molar-refractivity contribution in [2.24, 2.45) is 11.8 Å². The molecule has 0 saturated carbocycles. The molecule has 0 spiro atoms. The van der Waals surface area contributed by atoms with Crippen molar-refractivity contribution in [2.75, 3.05) is 19.6 Å². The Bertz CT molecular complexity index is 359. The molecule has 0 aromatic heterocycles. The SMILES string of the molecule is C=CCCCCCCC(C)CN(CC(=O)[O-])CC(C)CCCCCCC=C.[K+].